The molecule has 0 aliphatic rings. The molecule has 0 aliphatic heterocycles. The van der Waals surface area contributed by atoms with Crippen LogP contribution in [0.4, 0.5) is 11.4 Å². The van der Waals surface area contributed by atoms with Crippen LogP contribution in [0.3, 0.4) is 0 Å². The minimum absolute atomic E-state index is 0.744. The minimum atomic E-state index is 0.744. The second kappa shape index (κ2) is 4.32. The van der Waals surface area contributed by atoms with Crippen LogP contribution in [0.25, 0.3) is 0 Å². The Morgan fingerprint density at radius 1 is 1.07 bits per heavy atom. The second-order valence-corrected chi connectivity index (χ2v) is 3.68. The van der Waals surface area contributed by atoms with Crippen molar-refractivity contribution in [3.63, 3.8) is 0 Å². The van der Waals surface area contributed by atoms with Crippen molar-refractivity contribution >= 4 is 23.0 Å². The summed E-state index contributed by atoms with van der Waals surface area (Å²) in [5.74, 6) is 0. The predicted octanol–water partition coefficient (Wildman–Crippen LogP) is 3.50. The largest absolute Gasteiger partial charge is 0.344 e. The van der Waals surface area contributed by atoms with Gasteiger partial charge in [-0.25, -0.2) is 0 Å². The number of aromatic nitrogens is 1. The summed E-state index contributed by atoms with van der Waals surface area (Å²) in [5.41, 5.74) is 2.15. The fraction of sp³-hybridized carbons (Fsp3) is 0.0833. The second-order valence-electron chi connectivity index (χ2n) is 3.24. The van der Waals surface area contributed by atoms with Gasteiger partial charge in [-0.2, -0.15) is 0 Å². The molecular weight excluding hydrogens is 208 g/mol. The third-order valence-corrected chi connectivity index (χ3v) is 2.48. The van der Waals surface area contributed by atoms with E-state index < -0.39 is 0 Å². The molecule has 0 radical (unpaired) electrons. The first-order valence-electron chi connectivity index (χ1n) is 4.67. The smallest absolute Gasteiger partial charge is 0.0438 e. The van der Waals surface area contributed by atoms with E-state index in [4.69, 9.17) is 11.6 Å². The van der Waals surface area contributed by atoms with Gasteiger partial charge in [0.25, 0.3) is 0 Å². The van der Waals surface area contributed by atoms with Crippen LogP contribution in [0, 0.1) is 0 Å². The number of hydrogen-bond acceptors (Lipinski definition) is 2. The molecule has 2 aromatic rings. The first-order valence-corrected chi connectivity index (χ1v) is 5.04. The average molecular weight is 219 g/mol. The first kappa shape index (κ1) is 9.99. The van der Waals surface area contributed by atoms with Crippen molar-refractivity contribution in [1.29, 1.82) is 0 Å². The van der Waals surface area contributed by atoms with Crippen molar-refractivity contribution in [3.8, 4) is 0 Å². The van der Waals surface area contributed by atoms with E-state index in [1.807, 2.05) is 43.4 Å². The molecule has 2 rings (SSSR count). The van der Waals surface area contributed by atoms with E-state index in [1.54, 1.807) is 12.4 Å². The highest BCUT2D eigenvalue weighted by Crippen LogP contribution is 2.24. The standard InChI is InChI=1S/C12H11ClN2/c1-15(11-5-7-14-8-6-11)12-4-2-3-10(13)9-12/h2-9H,1H3. The molecule has 0 aliphatic carbocycles. The summed E-state index contributed by atoms with van der Waals surface area (Å²) in [4.78, 5) is 6.05. The highest BCUT2D eigenvalue weighted by atomic mass is 35.5. The maximum absolute atomic E-state index is 5.94. The third-order valence-electron chi connectivity index (χ3n) is 2.25. The van der Waals surface area contributed by atoms with E-state index in [1.165, 1.54) is 0 Å². The van der Waals surface area contributed by atoms with Crippen molar-refractivity contribution in [1.82, 2.24) is 4.98 Å². The molecule has 2 nitrogen and oxygen atoms in total. The topological polar surface area (TPSA) is 16.1 Å². The van der Waals surface area contributed by atoms with Gasteiger partial charge in [0.15, 0.2) is 0 Å². The maximum atomic E-state index is 5.94. The molecule has 3 heteroatoms. The first-order chi connectivity index (χ1) is 7.27. The Labute approximate surface area is 94.1 Å². The summed E-state index contributed by atoms with van der Waals surface area (Å²) in [7, 11) is 2.00. The average Bonchev–Trinajstić information content (AvgIpc) is 2.29. The lowest BCUT2D eigenvalue weighted by Gasteiger charge is -2.19. The quantitative estimate of drug-likeness (QED) is 0.767. The highest BCUT2D eigenvalue weighted by molar-refractivity contribution is 6.30. The molecule has 15 heavy (non-hydrogen) atoms. The van der Waals surface area contributed by atoms with E-state index in [2.05, 4.69) is 9.88 Å². The molecular formula is C12H11ClN2. The lowest BCUT2D eigenvalue weighted by Crippen LogP contribution is -2.08. The van der Waals surface area contributed by atoms with Crippen LogP contribution in [0.5, 0.6) is 0 Å². The SMILES string of the molecule is CN(c1ccncc1)c1cccc(Cl)c1. The lowest BCUT2D eigenvalue weighted by atomic mass is 10.2. The minimum Gasteiger partial charge on any atom is -0.344 e. The van der Waals surface area contributed by atoms with Crippen molar-refractivity contribution in [2.24, 2.45) is 0 Å². The zero-order valence-electron chi connectivity index (χ0n) is 8.39. The van der Waals surface area contributed by atoms with Gasteiger partial charge >= 0.3 is 0 Å². The Bertz CT molecular complexity index is 442. The van der Waals surface area contributed by atoms with Gasteiger partial charge in [-0.3, -0.25) is 4.98 Å². The van der Waals surface area contributed by atoms with Crippen molar-refractivity contribution < 1.29 is 0 Å². The van der Waals surface area contributed by atoms with Crippen molar-refractivity contribution in [3.05, 3.63) is 53.8 Å². The number of benzene rings is 1. The summed E-state index contributed by atoms with van der Waals surface area (Å²) in [6.07, 6.45) is 3.55. The molecule has 0 spiro atoms. The number of rotatable bonds is 2. The molecule has 0 fully saturated rings. The molecule has 1 aromatic carbocycles. The molecule has 0 amide bonds. The van der Waals surface area contributed by atoms with E-state index in [0.717, 1.165) is 16.4 Å². The summed E-state index contributed by atoms with van der Waals surface area (Å²) < 4.78 is 0. The van der Waals surface area contributed by atoms with E-state index in [0.29, 0.717) is 0 Å². The fourth-order valence-corrected chi connectivity index (χ4v) is 1.59. The summed E-state index contributed by atoms with van der Waals surface area (Å²) in [5, 5.41) is 0.744. The molecule has 0 atom stereocenters. The summed E-state index contributed by atoms with van der Waals surface area (Å²) >= 11 is 5.94. The Kier molecular flexibility index (Phi) is 2.88. The van der Waals surface area contributed by atoms with E-state index in [9.17, 15) is 0 Å². The van der Waals surface area contributed by atoms with Crippen LogP contribution < -0.4 is 4.90 Å². The van der Waals surface area contributed by atoms with Gasteiger partial charge in [0.2, 0.25) is 0 Å². The molecule has 0 bridgehead atoms. The number of anilines is 2. The zero-order chi connectivity index (χ0) is 10.7. The van der Waals surface area contributed by atoms with Crippen LogP contribution >= 0.6 is 11.6 Å². The Morgan fingerprint density at radius 3 is 2.47 bits per heavy atom. The van der Waals surface area contributed by atoms with Crippen LogP contribution in [0.2, 0.25) is 5.02 Å². The molecule has 1 heterocycles. The predicted molar refractivity (Wildman–Crippen MR) is 63.8 cm³/mol. The van der Waals surface area contributed by atoms with Gasteiger partial charge in [-0.05, 0) is 30.3 Å². The fourth-order valence-electron chi connectivity index (χ4n) is 1.40. The Hall–Kier alpha value is -1.54. The molecule has 0 saturated carbocycles. The molecule has 0 N–H and O–H groups in total. The van der Waals surface area contributed by atoms with Gasteiger partial charge in [-0.1, -0.05) is 17.7 Å². The van der Waals surface area contributed by atoms with Crippen molar-refractivity contribution in [2.75, 3.05) is 11.9 Å². The summed E-state index contributed by atoms with van der Waals surface area (Å²) in [6.45, 7) is 0. The van der Waals surface area contributed by atoms with Crippen LogP contribution in [-0.4, -0.2) is 12.0 Å². The maximum Gasteiger partial charge on any atom is 0.0438 e. The van der Waals surface area contributed by atoms with Gasteiger partial charge in [-0.15, -0.1) is 0 Å². The number of halogens is 1. The normalized spacial score (nSPS) is 10.0. The van der Waals surface area contributed by atoms with Gasteiger partial charge in [0.05, 0.1) is 0 Å². The van der Waals surface area contributed by atoms with Gasteiger partial charge < -0.3 is 4.90 Å². The Morgan fingerprint density at radius 2 is 1.80 bits per heavy atom. The summed E-state index contributed by atoms with van der Waals surface area (Å²) in [6, 6.07) is 11.7. The van der Waals surface area contributed by atoms with Crippen molar-refractivity contribution in [2.45, 2.75) is 0 Å². The van der Waals surface area contributed by atoms with Crippen LogP contribution in [-0.2, 0) is 0 Å². The van der Waals surface area contributed by atoms with Crippen LogP contribution in [0.15, 0.2) is 48.8 Å². The zero-order valence-corrected chi connectivity index (χ0v) is 9.15. The van der Waals surface area contributed by atoms with E-state index >= 15 is 0 Å². The third kappa shape index (κ3) is 2.28. The number of hydrogen-bond donors (Lipinski definition) is 0. The molecule has 76 valence electrons. The monoisotopic (exact) mass is 218 g/mol. The lowest BCUT2D eigenvalue weighted by molar-refractivity contribution is 1.19. The number of pyridine rings is 1. The Balaban J connectivity index is 2.32. The molecule has 1 aromatic heterocycles. The molecule has 0 saturated heterocycles. The van der Waals surface area contributed by atoms with E-state index in [-0.39, 0.29) is 0 Å². The number of nitrogens with zero attached hydrogens (tertiary/aromatic N) is 2. The highest BCUT2D eigenvalue weighted by Gasteiger charge is 2.02. The molecule has 0 unspecified atom stereocenters. The van der Waals surface area contributed by atoms with Gasteiger partial charge in [0, 0.05) is 35.8 Å². The van der Waals surface area contributed by atoms with Crippen LogP contribution in [0.1, 0.15) is 0 Å². The van der Waals surface area contributed by atoms with Gasteiger partial charge in [0.1, 0.15) is 0 Å².